The van der Waals surface area contributed by atoms with E-state index in [1.807, 2.05) is 4.90 Å². The normalized spacial score (nSPS) is 16.6. The van der Waals surface area contributed by atoms with Gasteiger partial charge in [0, 0.05) is 44.5 Å². The zero-order chi connectivity index (χ0) is 22.4. The maximum absolute atomic E-state index is 12.9. The number of ether oxygens (including phenoxy) is 1. The molecule has 0 radical (unpaired) electrons. The molecule has 0 bridgehead atoms. The van der Waals surface area contributed by atoms with Crippen molar-refractivity contribution < 1.29 is 27.9 Å². The minimum atomic E-state index is -4.52. The second-order valence-electron chi connectivity index (χ2n) is 7.10. The van der Waals surface area contributed by atoms with Gasteiger partial charge in [0.05, 0.1) is 4.92 Å². The van der Waals surface area contributed by atoms with E-state index in [0.717, 1.165) is 12.3 Å². The quantitative estimate of drug-likeness (QED) is 0.516. The molecule has 12 heteroatoms. The molecule has 1 aromatic heterocycles. The number of halogens is 3. The lowest BCUT2D eigenvalue weighted by molar-refractivity contribution is -0.384. The van der Waals surface area contributed by atoms with Gasteiger partial charge in [0.25, 0.3) is 5.69 Å². The molecule has 1 aliphatic heterocycles. The summed E-state index contributed by atoms with van der Waals surface area (Å²) in [5.74, 6) is 0.451. The molecule has 0 spiro atoms. The summed E-state index contributed by atoms with van der Waals surface area (Å²) in [5.41, 5.74) is -1.02. The highest BCUT2D eigenvalue weighted by molar-refractivity contribution is 5.36. The van der Waals surface area contributed by atoms with Crippen molar-refractivity contribution >= 4 is 11.6 Å². The minimum absolute atomic E-state index is 0.00869. The first-order valence-corrected chi connectivity index (χ1v) is 9.65. The Morgan fingerprint density at radius 2 is 1.90 bits per heavy atom. The van der Waals surface area contributed by atoms with Gasteiger partial charge >= 0.3 is 6.18 Å². The summed E-state index contributed by atoms with van der Waals surface area (Å²) < 4.78 is 44.1. The average Bonchev–Trinajstić information content (AvgIpc) is 2.97. The Morgan fingerprint density at radius 3 is 2.58 bits per heavy atom. The van der Waals surface area contributed by atoms with Gasteiger partial charge in [0.1, 0.15) is 24.2 Å². The molecular formula is C19H22F3N5O4. The summed E-state index contributed by atoms with van der Waals surface area (Å²) in [6.07, 6.45) is -3.54. The highest BCUT2D eigenvalue weighted by Gasteiger charge is 2.33. The molecule has 1 N–H and O–H groups in total. The van der Waals surface area contributed by atoms with Crippen molar-refractivity contribution in [2.24, 2.45) is 0 Å². The topological polar surface area (TPSA) is 105 Å². The molecule has 1 atom stereocenters. The zero-order valence-electron chi connectivity index (χ0n) is 16.5. The lowest BCUT2D eigenvalue weighted by Crippen LogP contribution is -2.38. The van der Waals surface area contributed by atoms with Crippen LogP contribution in [0.15, 0.2) is 36.5 Å². The number of aromatic nitrogens is 2. The molecule has 0 aliphatic carbocycles. The van der Waals surface area contributed by atoms with E-state index in [-0.39, 0.29) is 18.2 Å². The molecule has 31 heavy (non-hydrogen) atoms. The van der Waals surface area contributed by atoms with E-state index in [1.54, 1.807) is 4.90 Å². The van der Waals surface area contributed by atoms with Gasteiger partial charge in [0.2, 0.25) is 5.95 Å². The third kappa shape index (κ3) is 6.49. The number of nitrogens with zero attached hydrogens (tertiary/aromatic N) is 5. The predicted molar refractivity (Wildman–Crippen MR) is 105 cm³/mol. The van der Waals surface area contributed by atoms with Crippen molar-refractivity contribution in [2.75, 3.05) is 44.2 Å². The number of hydrogen-bond donors (Lipinski definition) is 1. The number of nitro groups is 1. The number of aliphatic hydroxyl groups excluding tert-OH is 1. The molecule has 2 heterocycles. The van der Waals surface area contributed by atoms with Crippen LogP contribution in [-0.4, -0.2) is 70.3 Å². The first-order chi connectivity index (χ1) is 14.7. The highest BCUT2D eigenvalue weighted by Crippen LogP contribution is 2.28. The van der Waals surface area contributed by atoms with Crippen LogP contribution in [0.1, 0.15) is 12.1 Å². The minimum Gasteiger partial charge on any atom is -0.491 e. The number of anilines is 1. The van der Waals surface area contributed by atoms with Crippen molar-refractivity contribution in [1.82, 2.24) is 14.9 Å². The van der Waals surface area contributed by atoms with Gasteiger partial charge < -0.3 is 14.7 Å². The van der Waals surface area contributed by atoms with E-state index in [1.165, 1.54) is 24.3 Å². The lowest BCUT2D eigenvalue weighted by Gasteiger charge is -2.24. The SMILES string of the molecule is O=[N+]([O-])c1ccc(OCC(O)CN2CCCN(c3nccc(C(F)(F)F)n3)CC2)cc1. The van der Waals surface area contributed by atoms with Crippen molar-refractivity contribution in [3.63, 3.8) is 0 Å². The molecule has 1 aromatic carbocycles. The van der Waals surface area contributed by atoms with E-state index < -0.39 is 22.9 Å². The Kier molecular flexibility index (Phi) is 7.23. The molecule has 1 unspecified atom stereocenters. The number of non-ortho nitro benzene ring substituents is 1. The lowest BCUT2D eigenvalue weighted by atomic mass is 10.3. The second kappa shape index (κ2) is 9.88. The monoisotopic (exact) mass is 441 g/mol. The molecule has 0 saturated carbocycles. The van der Waals surface area contributed by atoms with Crippen LogP contribution >= 0.6 is 0 Å². The van der Waals surface area contributed by atoms with E-state index in [4.69, 9.17) is 4.74 Å². The first-order valence-electron chi connectivity index (χ1n) is 9.65. The van der Waals surface area contributed by atoms with Crippen LogP contribution in [0, 0.1) is 10.1 Å². The second-order valence-corrected chi connectivity index (χ2v) is 7.10. The fourth-order valence-electron chi connectivity index (χ4n) is 3.22. The molecule has 2 aromatic rings. The van der Waals surface area contributed by atoms with Gasteiger partial charge in [-0.15, -0.1) is 0 Å². The summed E-state index contributed by atoms with van der Waals surface area (Å²) in [7, 11) is 0. The fraction of sp³-hybridized carbons (Fsp3) is 0.474. The van der Waals surface area contributed by atoms with E-state index >= 15 is 0 Å². The summed E-state index contributed by atoms with van der Waals surface area (Å²) in [5, 5.41) is 20.9. The van der Waals surface area contributed by atoms with Crippen LogP contribution in [0.3, 0.4) is 0 Å². The highest BCUT2D eigenvalue weighted by atomic mass is 19.4. The summed E-state index contributed by atoms with van der Waals surface area (Å²) >= 11 is 0. The molecule has 3 rings (SSSR count). The standard InChI is InChI=1S/C19H22F3N5O4/c20-19(21,22)17-6-7-23-18(24-17)26-9-1-8-25(10-11-26)12-15(28)13-31-16-4-2-14(3-5-16)27(29)30/h2-7,15,28H,1,8-13H2. The van der Waals surface area contributed by atoms with Crippen LogP contribution in [-0.2, 0) is 6.18 Å². The van der Waals surface area contributed by atoms with Gasteiger partial charge in [-0.3, -0.25) is 15.0 Å². The van der Waals surface area contributed by atoms with Crippen LogP contribution in [0.25, 0.3) is 0 Å². The van der Waals surface area contributed by atoms with Crippen molar-refractivity contribution in [1.29, 1.82) is 0 Å². The Bertz CT molecular complexity index is 882. The third-order valence-corrected chi connectivity index (χ3v) is 4.76. The number of nitro benzene ring substituents is 1. The van der Waals surface area contributed by atoms with Crippen molar-refractivity contribution in [3.05, 3.63) is 52.3 Å². The first kappa shape index (κ1) is 22.7. The number of β-amino-alcohol motifs (C(OH)–C–C–N with tert-alkyl or cyclic N) is 1. The Hall–Kier alpha value is -2.99. The van der Waals surface area contributed by atoms with Crippen molar-refractivity contribution in [3.8, 4) is 5.75 Å². The molecule has 1 aliphatic rings. The van der Waals surface area contributed by atoms with Gasteiger partial charge in [-0.25, -0.2) is 9.97 Å². The average molecular weight is 441 g/mol. The number of rotatable bonds is 7. The maximum Gasteiger partial charge on any atom is 0.433 e. The maximum atomic E-state index is 12.9. The zero-order valence-corrected chi connectivity index (χ0v) is 16.5. The van der Waals surface area contributed by atoms with Crippen LogP contribution in [0.5, 0.6) is 5.75 Å². The van der Waals surface area contributed by atoms with Crippen LogP contribution in [0.4, 0.5) is 24.8 Å². The number of hydrogen-bond acceptors (Lipinski definition) is 8. The van der Waals surface area contributed by atoms with Gasteiger partial charge in [-0.2, -0.15) is 13.2 Å². The molecule has 1 saturated heterocycles. The third-order valence-electron chi connectivity index (χ3n) is 4.76. The van der Waals surface area contributed by atoms with E-state index in [2.05, 4.69) is 9.97 Å². The van der Waals surface area contributed by atoms with Gasteiger partial charge in [0.15, 0.2) is 0 Å². The van der Waals surface area contributed by atoms with Gasteiger partial charge in [-0.05, 0) is 31.2 Å². The molecule has 168 valence electrons. The van der Waals surface area contributed by atoms with Crippen LogP contribution < -0.4 is 9.64 Å². The van der Waals surface area contributed by atoms with E-state index in [9.17, 15) is 28.4 Å². The number of benzene rings is 1. The molecule has 1 fully saturated rings. The van der Waals surface area contributed by atoms with Crippen molar-refractivity contribution in [2.45, 2.75) is 18.7 Å². The summed E-state index contributed by atoms with van der Waals surface area (Å²) in [6, 6.07) is 6.41. The summed E-state index contributed by atoms with van der Waals surface area (Å²) in [4.78, 5) is 21.5. The Balaban J connectivity index is 1.49. The fourth-order valence-corrected chi connectivity index (χ4v) is 3.22. The molecule has 0 amide bonds. The smallest absolute Gasteiger partial charge is 0.433 e. The predicted octanol–water partition coefficient (Wildman–Crippen LogP) is 2.36. The Morgan fingerprint density at radius 1 is 1.16 bits per heavy atom. The number of alkyl halides is 3. The largest absolute Gasteiger partial charge is 0.491 e. The summed E-state index contributed by atoms with van der Waals surface area (Å²) in [6.45, 7) is 2.45. The van der Waals surface area contributed by atoms with E-state index in [0.29, 0.717) is 44.9 Å². The molecular weight excluding hydrogens is 419 g/mol. The van der Waals surface area contributed by atoms with Crippen LogP contribution in [0.2, 0.25) is 0 Å². The Labute approximate surface area is 176 Å². The number of aliphatic hydroxyl groups is 1. The van der Waals surface area contributed by atoms with Gasteiger partial charge in [-0.1, -0.05) is 0 Å². The molecule has 9 nitrogen and oxygen atoms in total.